The first-order chi connectivity index (χ1) is 8.69. The predicted molar refractivity (Wildman–Crippen MR) is 57.1 cm³/mol. The van der Waals surface area contributed by atoms with E-state index in [-0.39, 0.29) is 6.54 Å². The summed E-state index contributed by atoms with van der Waals surface area (Å²) in [7, 11) is -4.78. The van der Waals surface area contributed by atoms with Crippen LogP contribution in [0.15, 0.2) is 12.0 Å². The maximum absolute atomic E-state index is 12.2. The van der Waals surface area contributed by atoms with Crippen molar-refractivity contribution < 1.29 is 35.3 Å². The summed E-state index contributed by atoms with van der Waals surface area (Å²) >= 11 is 0. The lowest BCUT2D eigenvalue weighted by atomic mass is 10.2. The van der Waals surface area contributed by atoms with Gasteiger partial charge < -0.3 is 8.92 Å². The number of alkyl halides is 3. The third-order valence-corrected chi connectivity index (χ3v) is 3.25. The number of carbonyl (C=O) groups excluding carboxylic acids is 1. The fourth-order valence-corrected chi connectivity index (χ4v) is 1.87. The summed E-state index contributed by atoms with van der Waals surface area (Å²) in [5, 5.41) is 0. The monoisotopic (exact) mass is 303 g/mol. The van der Waals surface area contributed by atoms with Crippen molar-refractivity contribution in [2.45, 2.75) is 24.8 Å². The van der Waals surface area contributed by atoms with Crippen LogP contribution in [0.3, 0.4) is 0 Å². The number of methoxy groups -OCH3 is 1. The number of carbonyl (C=O) groups is 1. The van der Waals surface area contributed by atoms with Crippen LogP contribution in [0.2, 0.25) is 0 Å². The minimum atomic E-state index is -5.81. The molecule has 0 fully saturated rings. The average molecular weight is 303 g/mol. The van der Waals surface area contributed by atoms with Crippen molar-refractivity contribution in [1.82, 2.24) is 4.90 Å². The van der Waals surface area contributed by atoms with E-state index in [4.69, 9.17) is 0 Å². The van der Waals surface area contributed by atoms with Crippen LogP contribution < -0.4 is 0 Å². The molecule has 1 amide bonds. The molecule has 1 heterocycles. The van der Waals surface area contributed by atoms with Crippen LogP contribution >= 0.6 is 0 Å². The third-order valence-electron chi connectivity index (χ3n) is 2.29. The van der Waals surface area contributed by atoms with E-state index in [9.17, 15) is 26.4 Å². The molecule has 1 aliphatic rings. The van der Waals surface area contributed by atoms with Crippen molar-refractivity contribution in [3.8, 4) is 0 Å². The number of hydrogen-bond donors (Lipinski definition) is 0. The lowest BCUT2D eigenvalue weighted by Gasteiger charge is -2.22. The zero-order valence-corrected chi connectivity index (χ0v) is 10.8. The molecule has 0 radical (unpaired) electrons. The molecule has 19 heavy (non-hydrogen) atoms. The van der Waals surface area contributed by atoms with Gasteiger partial charge in [0.05, 0.1) is 7.11 Å². The normalized spacial score (nSPS) is 17.5. The zero-order chi connectivity index (χ0) is 14.7. The van der Waals surface area contributed by atoms with Crippen LogP contribution in [-0.4, -0.2) is 38.6 Å². The highest BCUT2D eigenvalue weighted by molar-refractivity contribution is 7.87. The molecule has 0 saturated carbocycles. The quantitative estimate of drug-likeness (QED) is 0.576. The molecule has 0 saturated heterocycles. The van der Waals surface area contributed by atoms with Crippen molar-refractivity contribution in [3.05, 3.63) is 12.0 Å². The summed E-state index contributed by atoms with van der Waals surface area (Å²) in [6.07, 6.45) is 1.52. The molecule has 0 aromatic carbocycles. The number of halogens is 3. The van der Waals surface area contributed by atoms with Gasteiger partial charge in [-0.3, -0.25) is 0 Å². The first-order valence-electron chi connectivity index (χ1n) is 5.25. The lowest BCUT2D eigenvalue weighted by Crippen LogP contribution is -2.35. The SMILES string of the molecule is COC(=O)N1CCCCC=C1OS(=O)(=O)C(F)(F)F. The minimum absolute atomic E-state index is 0.0197. The van der Waals surface area contributed by atoms with Gasteiger partial charge in [-0.15, -0.1) is 0 Å². The Hall–Kier alpha value is -1.45. The van der Waals surface area contributed by atoms with E-state index in [1.165, 1.54) is 0 Å². The predicted octanol–water partition coefficient (Wildman–Crippen LogP) is 1.95. The highest BCUT2D eigenvalue weighted by Gasteiger charge is 2.49. The number of nitrogens with zero attached hydrogens (tertiary/aromatic N) is 1. The number of rotatable bonds is 2. The van der Waals surface area contributed by atoms with E-state index in [0.29, 0.717) is 19.3 Å². The van der Waals surface area contributed by atoms with Crippen molar-refractivity contribution >= 4 is 16.2 Å². The molecule has 0 aliphatic carbocycles. The number of allylic oxidation sites excluding steroid dienone is 1. The van der Waals surface area contributed by atoms with Crippen molar-refractivity contribution in [2.24, 2.45) is 0 Å². The maximum Gasteiger partial charge on any atom is 0.534 e. The smallest absolute Gasteiger partial charge is 0.452 e. The molecular weight excluding hydrogens is 291 g/mol. The molecule has 110 valence electrons. The third kappa shape index (κ3) is 3.75. The summed E-state index contributed by atoms with van der Waals surface area (Å²) in [5.74, 6) is -0.679. The molecule has 10 heteroatoms. The van der Waals surface area contributed by atoms with Gasteiger partial charge in [-0.1, -0.05) is 0 Å². The van der Waals surface area contributed by atoms with Crippen molar-refractivity contribution in [3.63, 3.8) is 0 Å². The topological polar surface area (TPSA) is 72.9 Å². The lowest BCUT2D eigenvalue weighted by molar-refractivity contribution is -0.0536. The molecule has 1 aliphatic heterocycles. The van der Waals surface area contributed by atoms with Gasteiger partial charge in [0.25, 0.3) is 0 Å². The van der Waals surface area contributed by atoms with Crippen LogP contribution in [0.25, 0.3) is 0 Å². The van der Waals surface area contributed by atoms with Gasteiger partial charge in [0.2, 0.25) is 5.88 Å². The number of ether oxygens (including phenoxy) is 1. The van der Waals surface area contributed by atoms with Gasteiger partial charge in [0.15, 0.2) is 0 Å². The Kier molecular flexibility index (Phi) is 4.66. The van der Waals surface area contributed by atoms with E-state index in [2.05, 4.69) is 8.92 Å². The molecule has 0 aromatic rings. The molecule has 1 rings (SSSR count). The van der Waals surface area contributed by atoms with Gasteiger partial charge in [-0.2, -0.15) is 21.6 Å². The summed E-state index contributed by atoms with van der Waals surface area (Å²) in [6.45, 7) is 0.0197. The Labute approximate surface area is 107 Å². The van der Waals surface area contributed by atoms with Crippen LogP contribution in [0.1, 0.15) is 19.3 Å². The van der Waals surface area contributed by atoms with E-state index >= 15 is 0 Å². The Morgan fingerprint density at radius 3 is 2.53 bits per heavy atom. The average Bonchev–Trinajstić information content (AvgIpc) is 2.51. The molecule has 0 N–H and O–H groups in total. The largest absolute Gasteiger partial charge is 0.534 e. The first kappa shape index (κ1) is 15.6. The second kappa shape index (κ2) is 5.68. The molecule has 6 nitrogen and oxygen atoms in total. The molecular formula is C9H12F3NO5S. The Morgan fingerprint density at radius 2 is 2.00 bits per heavy atom. The van der Waals surface area contributed by atoms with E-state index in [0.717, 1.165) is 18.1 Å². The fraction of sp³-hybridized carbons (Fsp3) is 0.667. The first-order valence-corrected chi connectivity index (χ1v) is 6.66. The number of hydrogen-bond acceptors (Lipinski definition) is 5. The second-order valence-electron chi connectivity index (χ2n) is 3.64. The molecule has 0 bridgehead atoms. The van der Waals surface area contributed by atoms with Crippen LogP contribution in [0.4, 0.5) is 18.0 Å². The molecule has 0 spiro atoms. The van der Waals surface area contributed by atoms with Crippen molar-refractivity contribution in [2.75, 3.05) is 13.7 Å². The summed E-state index contributed by atoms with van der Waals surface area (Å²) in [5.41, 5.74) is -5.55. The van der Waals surface area contributed by atoms with Gasteiger partial charge in [0, 0.05) is 6.54 Å². The standard InChI is InChI=1S/C9H12F3NO5S/c1-17-8(14)13-6-4-2-3-5-7(13)18-19(15,16)9(10,11)12/h5H,2-4,6H2,1H3. The Bertz CT molecular complexity index is 471. The van der Waals surface area contributed by atoms with E-state index in [1.807, 2.05) is 0 Å². The highest BCUT2D eigenvalue weighted by atomic mass is 32.2. The van der Waals surface area contributed by atoms with E-state index < -0.39 is 27.6 Å². The second-order valence-corrected chi connectivity index (χ2v) is 5.18. The maximum atomic E-state index is 12.2. The summed E-state index contributed by atoms with van der Waals surface area (Å²) in [4.78, 5) is 12.1. The van der Waals surface area contributed by atoms with Crippen LogP contribution in [-0.2, 0) is 19.0 Å². The summed E-state index contributed by atoms with van der Waals surface area (Å²) in [6, 6.07) is 0. The Morgan fingerprint density at radius 1 is 1.37 bits per heavy atom. The van der Waals surface area contributed by atoms with E-state index in [1.54, 1.807) is 0 Å². The zero-order valence-electron chi connectivity index (χ0n) is 9.94. The van der Waals surface area contributed by atoms with Crippen LogP contribution in [0.5, 0.6) is 0 Å². The number of amides is 1. The van der Waals surface area contributed by atoms with Crippen LogP contribution in [0, 0.1) is 0 Å². The fourth-order valence-electron chi connectivity index (χ4n) is 1.39. The molecule has 0 aromatic heterocycles. The van der Waals surface area contributed by atoms with Gasteiger partial charge in [-0.25, -0.2) is 9.69 Å². The van der Waals surface area contributed by atoms with Gasteiger partial charge in [0.1, 0.15) is 0 Å². The minimum Gasteiger partial charge on any atom is -0.452 e. The Balaban J connectivity index is 3.00. The van der Waals surface area contributed by atoms with Gasteiger partial charge in [-0.05, 0) is 25.3 Å². The van der Waals surface area contributed by atoms with Crippen molar-refractivity contribution in [1.29, 1.82) is 0 Å². The molecule has 0 atom stereocenters. The highest BCUT2D eigenvalue weighted by Crippen LogP contribution is 2.28. The molecule has 0 unspecified atom stereocenters. The van der Waals surface area contributed by atoms with Gasteiger partial charge >= 0.3 is 21.7 Å². The summed E-state index contributed by atoms with van der Waals surface area (Å²) < 4.78 is 66.9.